The molecule has 1 aliphatic heterocycles. The molecule has 44 heavy (non-hydrogen) atoms. The molecule has 2 aromatic heterocycles. The summed E-state index contributed by atoms with van der Waals surface area (Å²) in [6.45, 7) is 6.82. The van der Waals surface area contributed by atoms with Crippen LogP contribution >= 0.6 is 11.6 Å². The number of methoxy groups -OCH3 is 1. The first-order valence-electron chi connectivity index (χ1n) is 14.5. The van der Waals surface area contributed by atoms with Crippen molar-refractivity contribution in [1.82, 2.24) is 24.4 Å². The second kappa shape index (κ2) is 11.6. The summed E-state index contributed by atoms with van der Waals surface area (Å²) < 4.78 is 26.8. The average Bonchev–Trinajstić information content (AvgIpc) is 3.58. The smallest absolute Gasteiger partial charge is 0.410 e. The maximum Gasteiger partial charge on any atom is 0.410 e. The summed E-state index contributed by atoms with van der Waals surface area (Å²) in [6.07, 6.45) is 4.63. The zero-order valence-electron chi connectivity index (χ0n) is 25.3. The molecule has 2 aliphatic rings. The van der Waals surface area contributed by atoms with Gasteiger partial charge in [0.2, 0.25) is 5.95 Å². The Bertz CT molecular complexity index is 1680. The topological polar surface area (TPSA) is 97.6 Å². The van der Waals surface area contributed by atoms with Gasteiger partial charge in [0.15, 0.2) is 0 Å². The van der Waals surface area contributed by atoms with Crippen LogP contribution in [0, 0.1) is 5.82 Å². The summed E-state index contributed by atoms with van der Waals surface area (Å²) >= 11 is 6.03. The second-order valence-corrected chi connectivity index (χ2v) is 12.5. The molecular weight excluding hydrogens is 585 g/mol. The molecule has 1 saturated heterocycles. The van der Waals surface area contributed by atoms with Crippen molar-refractivity contribution in [2.75, 3.05) is 37.5 Å². The van der Waals surface area contributed by atoms with Gasteiger partial charge in [0, 0.05) is 49.6 Å². The molecule has 4 aromatic rings. The normalized spacial score (nSPS) is 16.3. The standard InChI is InChI=1S/C32H35ClFN7O3/c1-32(2,3)44-31(42)39(4)22-15-40(16-22)29-24-12-11-23(19-6-8-20(34)9-7-19)28(24)37-30(38-29)36-21-10-13-25(26(14-21)43-5)41-17-27(33)35-18-41/h6-10,13-14,17-18,22-23H,11-12,15-16H2,1-5H3,(H,36,37,38). The fourth-order valence-corrected chi connectivity index (χ4v) is 5.81. The van der Waals surface area contributed by atoms with Crippen molar-refractivity contribution in [3.05, 3.63) is 82.8 Å². The minimum atomic E-state index is -0.565. The molecule has 1 atom stereocenters. The van der Waals surface area contributed by atoms with E-state index in [0.29, 0.717) is 29.9 Å². The van der Waals surface area contributed by atoms with Crippen LogP contribution in [-0.4, -0.2) is 69.4 Å². The van der Waals surface area contributed by atoms with Crippen LogP contribution in [0.1, 0.15) is 49.9 Å². The number of imidazole rings is 1. The number of nitrogens with one attached hydrogen (secondary N) is 1. The van der Waals surface area contributed by atoms with Crippen LogP contribution in [0.3, 0.4) is 0 Å². The molecule has 1 fully saturated rings. The zero-order chi connectivity index (χ0) is 31.2. The summed E-state index contributed by atoms with van der Waals surface area (Å²) in [7, 11) is 3.37. The van der Waals surface area contributed by atoms with E-state index in [1.807, 2.05) is 51.1 Å². The Morgan fingerprint density at radius 3 is 2.55 bits per heavy atom. The lowest BCUT2D eigenvalue weighted by molar-refractivity contribution is 0.0196. The first-order chi connectivity index (χ1) is 21.0. The molecule has 0 saturated carbocycles. The van der Waals surface area contributed by atoms with Crippen LogP contribution in [0.15, 0.2) is 55.0 Å². The van der Waals surface area contributed by atoms with Gasteiger partial charge < -0.3 is 29.2 Å². The fraction of sp³-hybridized carbons (Fsp3) is 0.375. The molecule has 0 radical (unpaired) electrons. The second-order valence-electron chi connectivity index (χ2n) is 12.1. The van der Waals surface area contributed by atoms with E-state index in [2.05, 4.69) is 15.2 Å². The number of ether oxygens (including phenoxy) is 2. The van der Waals surface area contributed by atoms with Gasteiger partial charge in [-0.05, 0) is 63.4 Å². The lowest BCUT2D eigenvalue weighted by Crippen LogP contribution is -2.60. The monoisotopic (exact) mass is 619 g/mol. The highest BCUT2D eigenvalue weighted by Crippen LogP contribution is 2.42. The maximum atomic E-state index is 13.7. The number of likely N-dealkylation sites (N-methyl/N-ethyl adjacent to an activating group) is 1. The van der Waals surface area contributed by atoms with E-state index >= 15 is 0 Å². The summed E-state index contributed by atoms with van der Waals surface area (Å²) in [6, 6.07) is 12.3. The highest BCUT2D eigenvalue weighted by molar-refractivity contribution is 6.29. The lowest BCUT2D eigenvalue weighted by atomic mass is 9.96. The molecule has 3 heterocycles. The SMILES string of the molecule is COc1cc(Nc2nc3c(c(N4CC(N(C)C(=O)OC(C)(C)C)C4)n2)CCC3c2ccc(F)cc2)ccc1-n1cnc(Cl)c1. The number of benzene rings is 2. The Morgan fingerprint density at radius 1 is 1.14 bits per heavy atom. The molecule has 1 N–H and O–H groups in total. The number of carbonyl (C=O) groups excluding carboxylic acids is 1. The average molecular weight is 620 g/mol. The molecule has 230 valence electrons. The maximum absolute atomic E-state index is 13.7. The number of halogens is 2. The molecule has 1 aliphatic carbocycles. The van der Waals surface area contributed by atoms with Gasteiger partial charge in [0.1, 0.15) is 34.5 Å². The molecule has 10 nitrogen and oxygen atoms in total. The number of carbonyl (C=O) groups is 1. The largest absolute Gasteiger partial charge is 0.494 e. The Kier molecular flexibility index (Phi) is 7.83. The minimum absolute atomic E-state index is 0.00495. The van der Waals surface area contributed by atoms with Crippen molar-refractivity contribution in [3.8, 4) is 11.4 Å². The summed E-state index contributed by atoms with van der Waals surface area (Å²) in [5.41, 5.74) is 3.97. The molecule has 2 aromatic carbocycles. The minimum Gasteiger partial charge on any atom is -0.494 e. The number of anilines is 3. The van der Waals surface area contributed by atoms with E-state index < -0.39 is 5.60 Å². The van der Waals surface area contributed by atoms with Gasteiger partial charge in [0.05, 0.1) is 24.5 Å². The van der Waals surface area contributed by atoms with Gasteiger partial charge in [-0.25, -0.2) is 19.2 Å². The number of amides is 1. The van der Waals surface area contributed by atoms with Crippen molar-refractivity contribution in [3.63, 3.8) is 0 Å². The third-order valence-corrected chi connectivity index (χ3v) is 8.15. The predicted molar refractivity (Wildman–Crippen MR) is 167 cm³/mol. The van der Waals surface area contributed by atoms with E-state index in [4.69, 9.17) is 31.0 Å². The Hall–Kier alpha value is -4.38. The third kappa shape index (κ3) is 6.01. The molecule has 1 amide bonds. The molecule has 1 unspecified atom stereocenters. The van der Waals surface area contributed by atoms with Crippen LogP contribution in [-0.2, 0) is 11.2 Å². The van der Waals surface area contributed by atoms with Crippen LogP contribution in [0.25, 0.3) is 5.69 Å². The number of aromatic nitrogens is 4. The van der Waals surface area contributed by atoms with Gasteiger partial charge in [-0.2, -0.15) is 4.98 Å². The number of rotatable bonds is 7. The number of fused-ring (bicyclic) bond motifs is 1. The summed E-state index contributed by atoms with van der Waals surface area (Å²) in [5.74, 6) is 1.64. The molecule has 6 rings (SSSR count). The number of hydrogen-bond donors (Lipinski definition) is 1. The van der Waals surface area contributed by atoms with Crippen molar-refractivity contribution in [2.24, 2.45) is 0 Å². The first-order valence-corrected chi connectivity index (χ1v) is 14.9. The fourth-order valence-electron chi connectivity index (χ4n) is 5.66. The summed E-state index contributed by atoms with van der Waals surface area (Å²) in [4.78, 5) is 30.6. The van der Waals surface area contributed by atoms with Gasteiger partial charge in [0.25, 0.3) is 0 Å². The Labute approximate surface area is 260 Å². The van der Waals surface area contributed by atoms with Crippen molar-refractivity contribution >= 4 is 35.1 Å². The Balaban J connectivity index is 1.30. The van der Waals surface area contributed by atoms with Crippen LogP contribution in [0.4, 0.5) is 26.6 Å². The molecule has 0 spiro atoms. The lowest BCUT2D eigenvalue weighted by Gasteiger charge is -2.45. The Morgan fingerprint density at radius 2 is 1.89 bits per heavy atom. The van der Waals surface area contributed by atoms with Crippen molar-refractivity contribution in [2.45, 2.75) is 51.2 Å². The highest BCUT2D eigenvalue weighted by atomic mass is 35.5. The number of nitrogens with zero attached hydrogens (tertiary/aromatic N) is 6. The van der Waals surface area contributed by atoms with E-state index in [1.165, 1.54) is 12.1 Å². The van der Waals surface area contributed by atoms with Gasteiger partial charge in [-0.15, -0.1) is 0 Å². The van der Waals surface area contributed by atoms with Gasteiger partial charge in [-0.3, -0.25) is 0 Å². The first kappa shape index (κ1) is 29.7. The van der Waals surface area contributed by atoms with Crippen LogP contribution < -0.4 is 15.0 Å². The summed E-state index contributed by atoms with van der Waals surface area (Å²) in [5, 5.41) is 3.75. The van der Waals surface area contributed by atoms with E-state index in [0.717, 1.165) is 46.9 Å². The van der Waals surface area contributed by atoms with Gasteiger partial charge in [-0.1, -0.05) is 23.7 Å². The van der Waals surface area contributed by atoms with Crippen LogP contribution in [0.2, 0.25) is 5.15 Å². The van der Waals surface area contributed by atoms with E-state index in [-0.39, 0.29) is 23.9 Å². The number of hydrogen-bond acceptors (Lipinski definition) is 8. The van der Waals surface area contributed by atoms with Crippen molar-refractivity contribution in [1.29, 1.82) is 0 Å². The molecule has 0 bridgehead atoms. The third-order valence-electron chi connectivity index (χ3n) is 7.96. The quantitative estimate of drug-likeness (QED) is 0.256. The van der Waals surface area contributed by atoms with Crippen LogP contribution in [0.5, 0.6) is 5.75 Å². The van der Waals surface area contributed by atoms with Gasteiger partial charge >= 0.3 is 6.09 Å². The zero-order valence-corrected chi connectivity index (χ0v) is 26.1. The highest BCUT2D eigenvalue weighted by Gasteiger charge is 2.39. The van der Waals surface area contributed by atoms with Crippen molar-refractivity contribution < 1.29 is 18.7 Å². The molecule has 12 heteroatoms. The molecular formula is C32H35ClFN7O3. The van der Waals surface area contributed by atoms with E-state index in [9.17, 15) is 9.18 Å². The van der Waals surface area contributed by atoms with E-state index in [1.54, 1.807) is 36.1 Å². The predicted octanol–water partition coefficient (Wildman–Crippen LogP) is 6.34.